The minimum Gasteiger partial charge on any atom is -0.488 e. The van der Waals surface area contributed by atoms with Gasteiger partial charge in [0.2, 0.25) is 0 Å². The van der Waals surface area contributed by atoms with Crippen LogP contribution in [0.25, 0.3) is 11.1 Å². The molecular formula is C20H15NO5. The Bertz CT molecular complexity index is 953. The van der Waals surface area contributed by atoms with E-state index >= 15 is 0 Å². The number of benzene rings is 3. The van der Waals surface area contributed by atoms with Crippen molar-refractivity contribution in [2.75, 3.05) is 0 Å². The molecule has 26 heavy (non-hydrogen) atoms. The van der Waals surface area contributed by atoms with Gasteiger partial charge < -0.3 is 9.84 Å². The van der Waals surface area contributed by atoms with Gasteiger partial charge in [-0.3, -0.25) is 10.1 Å². The molecule has 0 aliphatic carbocycles. The van der Waals surface area contributed by atoms with Crippen molar-refractivity contribution in [3.05, 3.63) is 94.0 Å². The van der Waals surface area contributed by atoms with E-state index in [1.807, 2.05) is 30.3 Å². The van der Waals surface area contributed by atoms with E-state index in [9.17, 15) is 20.0 Å². The van der Waals surface area contributed by atoms with Crippen LogP contribution in [0.1, 0.15) is 15.9 Å². The van der Waals surface area contributed by atoms with Crippen LogP contribution in [0.15, 0.2) is 72.8 Å². The first-order valence-electron chi connectivity index (χ1n) is 7.84. The van der Waals surface area contributed by atoms with Crippen LogP contribution < -0.4 is 4.74 Å². The minimum atomic E-state index is -1.23. The Morgan fingerprint density at radius 2 is 1.65 bits per heavy atom. The SMILES string of the molecule is O=C(O)c1cc([N+](=O)[O-])ccc1-c1ccccc1OCc1ccccc1. The molecule has 6 nitrogen and oxygen atoms in total. The number of para-hydroxylation sites is 1. The number of ether oxygens (including phenoxy) is 1. The summed E-state index contributed by atoms with van der Waals surface area (Å²) < 4.78 is 5.86. The van der Waals surface area contributed by atoms with Crippen LogP contribution in [0, 0.1) is 10.1 Å². The average molecular weight is 349 g/mol. The molecule has 6 heteroatoms. The smallest absolute Gasteiger partial charge is 0.336 e. The summed E-state index contributed by atoms with van der Waals surface area (Å²) >= 11 is 0. The maximum Gasteiger partial charge on any atom is 0.336 e. The number of rotatable bonds is 6. The zero-order chi connectivity index (χ0) is 18.5. The number of nitro groups is 1. The molecule has 0 aliphatic heterocycles. The third kappa shape index (κ3) is 3.70. The van der Waals surface area contributed by atoms with E-state index in [-0.39, 0.29) is 11.3 Å². The standard InChI is InChI=1S/C20H15NO5/c22-20(23)18-12-15(21(24)25)10-11-16(18)17-8-4-5-9-19(17)26-13-14-6-2-1-3-7-14/h1-12H,13H2,(H,22,23). The topological polar surface area (TPSA) is 89.7 Å². The molecule has 0 aromatic heterocycles. The number of nitro benzene ring substituents is 1. The predicted octanol–water partition coefficient (Wildman–Crippen LogP) is 4.54. The first kappa shape index (κ1) is 17.2. The summed E-state index contributed by atoms with van der Waals surface area (Å²) in [5.41, 5.74) is 1.50. The number of hydrogen-bond acceptors (Lipinski definition) is 4. The number of aromatic carboxylic acids is 1. The Hall–Kier alpha value is -3.67. The fourth-order valence-electron chi connectivity index (χ4n) is 2.61. The molecule has 3 aromatic rings. The summed E-state index contributed by atoms with van der Waals surface area (Å²) in [6, 6.07) is 20.4. The highest BCUT2D eigenvalue weighted by Gasteiger charge is 2.19. The molecule has 130 valence electrons. The van der Waals surface area contributed by atoms with Gasteiger partial charge in [0.05, 0.1) is 10.5 Å². The van der Waals surface area contributed by atoms with Crippen LogP contribution >= 0.6 is 0 Å². The van der Waals surface area contributed by atoms with Crippen molar-refractivity contribution in [1.29, 1.82) is 0 Å². The molecule has 0 radical (unpaired) electrons. The first-order valence-corrected chi connectivity index (χ1v) is 7.84. The second kappa shape index (κ2) is 7.48. The molecule has 3 rings (SSSR count). The lowest BCUT2D eigenvalue weighted by Gasteiger charge is -2.13. The highest BCUT2D eigenvalue weighted by Crippen LogP contribution is 2.34. The zero-order valence-electron chi connectivity index (χ0n) is 13.7. The van der Waals surface area contributed by atoms with Gasteiger partial charge >= 0.3 is 5.97 Å². The molecule has 0 saturated heterocycles. The molecule has 0 atom stereocenters. The van der Waals surface area contributed by atoms with Gasteiger partial charge in [0, 0.05) is 23.3 Å². The van der Waals surface area contributed by atoms with Crippen LogP contribution in [0.5, 0.6) is 5.75 Å². The minimum absolute atomic E-state index is 0.144. The average Bonchev–Trinajstić information content (AvgIpc) is 2.67. The van der Waals surface area contributed by atoms with Crippen LogP contribution in [0.4, 0.5) is 5.69 Å². The number of non-ortho nitro benzene ring substituents is 1. The molecule has 1 N–H and O–H groups in total. The molecule has 3 aromatic carbocycles. The number of carboxylic acids is 1. The van der Waals surface area contributed by atoms with Gasteiger partial charge in [0.25, 0.3) is 5.69 Å². The fraction of sp³-hybridized carbons (Fsp3) is 0.0500. The third-order valence-electron chi connectivity index (χ3n) is 3.86. The maximum atomic E-state index is 11.6. The lowest BCUT2D eigenvalue weighted by molar-refractivity contribution is -0.384. The Labute approximate surface area is 149 Å². The van der Waals surface area contributed by atoms with Gasteiger partial charge in [-0.2, -0.15) is 0 Å². The van der Waals surface area contributed by atoms with Crippen molar-refractivity contribution in [1.82, 2.24) is 0 Å². The van der Waals surface area contributed by atoms with E-state index < -0.39 is 10.9 Å². The van der Waals surface area contributed by atoms with Crippen molar-refractivity contribution in [3.8, 4) is 16.9 Å². The van der Waals surface area contributed by atoms with Gasteiger partial charge in [0.15, 0.2) is 0 Å². The van der Waals surface area contributed by atoms with E-state index in [0.29, 0.717) is 23.5 Å². The summed E-state index contributed by atoms with van der Waals surface area (Å²) in [4.78, 5) is 21.9. The summed E-state index contributed by atoms with van der Waals surface area (Å²) in [6.45, 7) is 0.327. The maximum absolute atomic E-state index is 11.6. The van der Waals surface area contributed by atoms with Crippen LogP contribution in [0.2, 0.25) is 0 Å². The van der Waals surface area contributed by atoms with Gasteiger partial charge in [-0.15, -0.1) is 0 Å². The molecule has 0 bridgehead atoms. The molecule has 0 aliphatic rings. The summed E-state index contributed by atoms with van der Waals surface area (Å²) in [7, 11) is 0. The number of hydrogen-bond donors (Lipinski definition) is 1. The van der Waals surface area contributed by atoms with Gasteiger partial charge in [-0.05, 0) is 17.7 Å². The normalized spacial score (nSPS) is 10.3. The van der Waals surface area contributed by atoms with E-state index in [0.717, 1.165) is 11.6 Å². The van der Waals surface area contributed by atoms with Gasteiger partial charge in [-0.25, -0.2) is 4.79 Å². The number of carbonyl (C=O) groups is 1. The lowest BCUT2D eigenvalue weighted by Crippen LogP contribution is -2.03. The first-order chi connectivity index (χ1) is 12.6. The van der Waals surface area contributed by atoms with Crippen molar-refractivity contribution < 1.29 is 19.6 Å². The van der Waals surface area contributed by atoms with E-state index in [4.69, 9.17) is 4.74 Å². The second-order valence-electron chi connectivity index (χ2n) is 5.56. The predicted molar refractivity (Wildman–Crippen MR) is 96.3 cm³/mol. The largest absolute Gasteiger partial charge is 0.488 e. The fourth-order valence-corrected chi connectivity index (χ4v) is 2.61. The van der Waals surface area contributed by atoms with Crippen molar-refractivity contribution in [2.45, 2.75) is 6.61 Å². The molecule has 0 saturated carbocycles. The van der Waals surface area contributed by atoms with Gasteiger partial charge in [0.1, 0.15) is 12.4 Å². The van der Waals surface area contributed by atoms with Crippen LogP contribution in [-0.2, 0) is 6.61 Å². The summed E-state index contributed by atoms with van der Waals surface area (Å²) in [5, 5.41) is 20.4. The van der Waals surface area contributed by atoms with Crippen molar-refractivity contribution in [2.24, 2.45) is 0 Å². The molecule has 0 spiro atoms. The second-order valence-corrected chi connectivity index (χ2v) is 5.56. The van der Waals surface area contributed by atoms with Crippen molar-refractivity contribution >= 4 is 11.7 Å². The van der Waals surface area contributed by atoms with Crippen LogP contribution in [-0.4, -0.2) is 16.0 Å². The Balaban J connectivity index is 1.99. The van der Waals surface area contributed by atoms with Gasteiger partial charge in [-0.1, -0.05) is 48.5 Å². The Kier molecular flexibility index (Phi) is 4.94. The van der Waals surface area contributed by atoms with E-state index in [1.165, 1.54) is 12.1 Å². The van der Waals surface area contributed by atoms with Crippen molar-refractivity contribution in [3.63, 3.8) is 0 Å². The Morgan fingerprint density at radius 3 is 2.35 bits per heavy atom. The molecule has 0 unspecified atom stereocenters. The van der Waals surface area contributed by atoms with Crippen LogP contribution in [0.3, 0.4) is 0 Å². The molecule has 0 heterocycles. The van der Waals surface area contributed by atoms with E-state index in [1.54, 1.807) is 24.3 Å². The molecule has 0 fully saturated rings. The molecular weight excluding hydrogens is 334 g/mol. The monoisotopic (exact) mass is 349 g/mol. The summed E-state index contributed by atoms with van der Waals surface area (Å²) in [6.07, 6.45) is 0. The zero-order valence-corrected chi connectivity index (χ0v) is 13.7. The Morgan fingerprint density at radius 1 is 0.962 bits per heavy atom. The quantitative estimate of drug-likeness (QED) is 0.521. The lowest BCUT2D eigenvalue weighted by atomic mass is 9.98. The highest BCUT2D eigenvalue weighted by molar-refractivity contribution is 5.97. The highest BCUT2D eigenvalue weighted by atomic mass is 16.6. The van der Waals surface area contributed by atoms with E-state index in [2.05, 4.69) is 0 Å². The number of nitrogens with zero attached hydrogens (tertiary/aromatic N) is 1. The molecule has 0 amide bonds. The summed E-state index contributed by atoms with van der Waals surface area (Å²) in [5.74, 6) is -0.728. The number of carboxylic acid groups (broad SMARTS) is 1. The third-order valence-corrected chi connectivity index (χ3v) is 3.86.